The van der Waals surface area contributed by atoms with Crippen molar-refractivity contribution in [2.24, 2.45) is 5.73 Å². The second-order valence-electron chi connectivity index (χ2n) is 5.14. The number of sulfone groups is 1. The number of nitrogens with zero attached hydrogens (tertiary/aromatic N) is 2. The topological polar surface area (TPSA) is 95.2 Å². The van der Waals surface area contributed by atoms with Gasteiger partial charge >= 0.3 is 0 Å². The summed E-state index contributed by atoms with van der Waals surface area (Å²) in [7, 11) is -3.61. The van der Waals surface area contributed by atoms with Crippen molar-refractivity contribution in [3.05, 3.63) is 65.7 Å². The van der Waals surface area contributed by atoms with Crippen LogP contribution < -0.4 is 10.5 Å². The molecule has 9 heteroatoms. The van der Waals surface area contributed by atoms with E-state index in [-0.39, 0.29) is 22.5 Å². The van der Waals surface area contributed by atoms with Crippen molar-refractivity contribution < 1.29 is 17.5 Å². The van der Waals surface area contributed by atoms with E-state index < -0.39 is 9.84 Å². The van der Waals surface area contributed by atoms with Gasteiger partial charge in [-0.25, -0.2) is 17.8 Å². The fraction of sp³-hybridized carbons (Fsp3) is 0.125. The Balaban J connectivity index is 1.78. The maximum Gasteiger partial charge on any atom is 0.229 e. The lowest BCUT2D eigenvalue weighted by atomic mass is 10.2. The number of nitrogens with two attached hydrogens (primary N) is 1. The van der Waals surface area contributed by atoms with E-state index in [9.17, 15) is 12.8 Å². The highest BCUT2D eigenvalue weighted by atomic mass is 32.2. The van der Waals surface area contributed by atoms with E-state index >= 15 is 0 Å². The summed E-state index contributed by atoms with van der Waals surface area (Å²) < 4.78 is 47.2. The fourth-order valence-electron chi connectivity index (χ4n) is 2.07. The van der Waals surface area contributed by atoms with Gasteiger partial charge < -0.3 is 10.5 Å². The number of hydrogen-bond acceptors (Lipinski definition) is 7. The normalized spacial score (nSPS) is 11.4. The molecule has 130 valence electrons. The average Bonchev–Trinajstić information content (AvgIpc) is 3.07. The summed E-state index contributed by atoms with van der Waals surface area (Å²) in [5.74, 6) is 0.628. The molecule has 6 nitrogen and oxygen atoms in total. The Morgan fingerprint density at radius 2 is 1.88 bits per heavy atom. The largest absolute Gasteiger partial charge is 0.457 e. The van der Waals surface area contributed by atoms with Crippen molar-refractivity contribution in [1.82, 2.24) is 9.36 Å². The molecule has 1 heterocycles. The molecule has 0 aliphatic rings. The van der Waals surface area contributed by atoms with Gasteiger partial charge in [0.2, 0.25) is 14.2 Å². The third-order valence-corrected chi connectivity index (χ3v) is 6.07. The van der Waals surface area contributed by atoms with E-state index in [1.165, 1.54) is 24.3 Å². The van der Waals surface area contributed by atoms with E-state index in [4.69, 9.17) is 10.5 Å². The molecule has 0 aliphatic carbocycles. The van der Waals surface area contributed by atoms with Gasteiger partial charge in [0.1, 0.15) is 17.3 Å². The first kappa shape index (κ1) is 17.5. The maximum absolute atomic E-state index is 12.9. The van der Waals surface area contributed by atoms with Crippen molar-refractivity contribution in [3.63, 3.8) is 0 Å². The Morgan fingerprint density at radius 3 is 2.56 bits per heavy atom. The number of aromatic nitrogens is 2. The minimum atomic E-state index is -3.61. The summed E-state index contributed by atoms with van der Waals surface area (Å²) in [5.41, 5.74) is 5.95. The molecule has 0 atom stereocenters. The zero-order valence-corrected chi connectivity index (χ0v) is 14.6. The highest BCUT2D eigenvalue weighted by Gasteiger charge is 2.21. The molecular weight excluding hydrogens is 365 g/mol. The summed E-state index contributed by atoms with van der Waals surface area (Å²) in [4.78, 5) is 3.92. The molecule has 0 unspecified atom stereocenters. The van der Waals surface area contributed by atoms with Crippen LogP contribution in [0.4, 0.5) is 4.39 Å². The van der Waals surface area contributed by atoms with Crippen molar-refractivity contribution in [1.29, 1.82) is 0 Å². The summed E-state index contributed by atoms with van der Waals surface area (Å²) in [6.07, 6.45) is 0. The van der Waals surface area contributed by atoms with Crippen LogP contribution in [0.5, 0.6) is 11.5 Å². The number of hydrogen-bond donors (Lipinski definition) is 1. The van der Waals surface area contributed by atoms with Crippen LogP contribution in [0.3, 0.4) is 0 Å². The highest BCUT2D eigenvalue weighted by Crippen LogP contribution is 2.25. The molecule has 0 saturated carbocycles. The molecule has 0 amide bonds. The first-order chi connectivity index (χ1) is 12.0. The quantitative estimate of drug-likeness (QED) is 0.708. The Bertz CT molecular complexity index is 972. The molecular formula is C16H14FN3O3S2. The van der Waals surface area contributed by atoms with Crippen molar-refractivity contribution in [2.75, 3.05) is 0 Å². The first-order valence-electron chi connectivity index (χ1n) is 7.24. The smallest absolute Gasteiger partial charge is 0.229 e. The third-order valence-electron chi connectivity index (χ3n) is 3.20. The zero-order valence-electron chi connectivity index (χ0n) is 12.9. The maximum atomic E-state index is 12.9. The molecule has 0 radical (unpaired) electrons. The van der Waals surface area contributed by atoms with Crippen LogP contribution >= 0.6 is 11.5 Å². The SMILES string of the molecule is NCc1nsc(S(=O)(=O)Cc2cccc(Oc3ccc(F)cc3)c2)n1. The van der Waals surface area contributed by atoms with Crippen molar-refractivity contribution in [2.45, 2.75) is 16.6 Å². The Morgan fingerprint density at radius 1 is 1.12 bits per heavy atom. The lowest BCUT2D eigenvalue weighted by Gasteiger charge is -2.07. The van der Waals surface area contributed by atoms with Crippen molar-refractivity contribution in [3.8, 4) is 11.5 Å². The fourth-order valence-corrected chi connectivity index (χ4v) is 4.24. The molecule has 1 aromatic heterocycles. The predicted octanol–water partition coefficient (Wildman–Crippen LogP) is 2.90. The standard InChI is InChI=1S/C16H14FN3O3S2/c17-12-4-6-13(7-5-12)23-14-3-1-2-11(8-14)10-25(21,22)16-19-15(9-18)20-24-16/h1-8H,9-10,18H2. The third kappa shape index (κ3) is 4.38. The lowest BCUT2D eigenvalue weighted by Crippen LogP contribution is -2.06. The lowest BCUT2D eigenvalue weighted by molar-refractivity contribution is 0.480. The summed E-state index contributed by atoms with van der Waals surface area (Å²) >= 11 is 0.813. The van der Waals surface area contributed by atoms with E-state index in [0.29, 0.717) is 22.9 Å². The molecule has 0 aliphatic heterocycles. The second kappa shape index (κ2) is 7.26. The molecule has 0 saturated heterocycles. The van der Waals surface area contributed by atoms with Crippen LogP contribution in [0.25, 0.3) is 0 Å². The Hall–Kier alpha value is -2.36. The monoisotopic (exact) mass is 379 g/mol. The van der Waals surface area contributed by atoms with E-state index in [0.717, 1.165) is 11.5 Å². The molecule has 25 heavy (non-hydrogen) atoms. The minimum Gasteiger partial charge on any atom is -0.457 e. The van der Waals surface area contributed by atoms with E-state index in [2.05, 4.69) is 9.36 Å². The van der Waals surface area contributed by atoms with Crippen LogP contribution in [-0.2, 0) is 22.1 Å². The van der Waals surface area contributed by atoms with Crippen LogP contribution in [-0.4, -0.2) is 17.8 Å². The molecule has 0 fully saturated rings. The number of halogens is 1. The van der Waals surface area contributed by atoms with Gasteiger partial charge in [-0.1, -0.05) is 12.1 Å². The molecule has 3 aromatic rings. The Kier molecular flexibility index (Phi) is 5.07. The van der Waals surface area contributed by atoms with Gasteiger partial charge in [-0.2, -0.15) is 4.37 Å². The number of benzene rings is 2. The van der Waals surface area contributed by atoms with Crippen LogP contribution in [0.15, 0.2) is 52.9 Å². The molecule has 2 N–H and O–H groups in total. The van der Waals surface area contributed by atoms with Gasteiger partial charge in [-0.05, 0) is 53.5 Å². The molecule has 0 bridgehead atoms. The van der Waals surface area contributed by atoms with Gasteiger partial charge in [0, 0.05) is 0 Å². The predicted molar refractivity (Wildman–Crippen MR) is 91.6 cm³/mol. The van der Waals surface area contributed by atoms with Gasteiger partial charge in [0.05, 0.1) is 12.3 Å². The van der Waals surface area contributed by atoms with Crippen LogP contribution in [0.2, 0.25) is 0 Å². The number of ether oxygens (including phenoxy) is 1. The van der Waals surface area contributed by atoms with E-state index in [1.807, 2.05) is 0 Å². The minimum absolute atomic E-state index is 0.0576. The Labute approximate surface area is 148 Å². The second-order valence-corrected chi connectivity index (χ2v) is 8.06. The van der Waals surface area contributed by atoms with Crippen LogP contribution in [0, 0.1) is 5.82 Å². The van der Waals surface area contributed by atoms with E-state index in [1.54, 1.807) is 24.3 Å². The first-order valence-corrected chi connectivity index (χ1v) is 9.66. The average molecular weight is 379 g/mol. The summed E-state index contributed by atoms with van der Waals surface area (Å²) in [6.45, 7) is 0.0903. The van der Waals surface area contributed by atoms with Gasteiger partial charge in [-0.15, -0.1) is 0 Å². The molecule has 3 rings (SSSR count). The molecule has 0 spiro atoms. The van der Waals surface area contributed by atoms with Gasteiger partial charge in [0.25, 0.3) is 0 Å². The summed E-state index contributed by atoms with van der Waals surface area (Å²) in [5, 5.41) is 0. The van der Waals surface area contributed by atoms with Gasteiger partial charge in [0.15, 0.2) is 5.82 Å². The zero-order chi connectivity index (χ0) is 17.9. The molecule has 2 aromatic carbocycles. The number of rotatable bonds is 6. The summed E-state index contributed by atoms with van der Waals surface area (Å²) in [6, 6.07) is 12.2. The van der Waals surface area contributed by atoms with Crippen molar-refractivity contribution >= 4 is 21.4 Å². The van der Waals surface area contributed by atoms with Gasteiger partial charge in [-0.3, -0.25) is 0 Å². The highest BCUT2D eigenvalue weighted by molar-refractivity contribution is 7.92. The van der Waals surface area contributed by atoms with Crippen LogP contribution in [0.1, 0.15) is 11.4 Å².